The molecule has 2 aromatic heterocycles. The highest BCUT2D eigenvalue weighted by Gasteiger charge is 2.16. The molecular weight excluding hydrogens is 284 g/mol. The van der Waals surface area contributed by atoms with Crippen LogP contribution in [0.4, 0.5) is 5.82 Å². The number of nitriles is 1. The fourth-order valence-corrected chi connectivity index (χ4v) is 2.91. The van der Waals surface area contributed by atoms with Gasteiger partial charge in [0.15, 0.2) is 5.65 Å². The number of rotatable bonds is 5. The van der Waals surface area contributed by atoms with Crippen LogP contribution in [0.2, 0.25) is 0 Å². The lowest BCUT2D eigenvalue weighted by Crippen LogP contribution is -2.12. The fraction of sp³-hybridized carbons (Fsp3) is 0.368. The smallest absolute Gasteiger partial charge is 0.157 e. The molecule has 23 heavy (non-hydrogen) atoms. The number of hydrogen-bond donors (Lipinski definition) is 1. The van der Waals surface area contributed by atoms with E-state index in [4.69, 9.17) is 4.98 Å². The minimum atomic E-state index is 0.546. The Kier molecular flexibility index (Phi) is 4.20. The molecule has 0 unspecified atom stereocenters. The van der Waals surface area contributed by atoms with E-state index in [1.807, 2.05) is 18.2 Å². The Morgan fingerprint density at radius 2 is 2.09 bits per heavy atom. The molecule has 3 aromatic rings. The lowest BCUT2D eigenvalue weighted by Gasteiger charge is -2.15. The predicted octanol–water partition coefficient (Wildman–Crippen LogP) is 4.38. The summed E-state index contributed by atoms with van der Waals surface area (Å²) in [6.45, 7) is 7.40. The van der Waals surface area contributed by atoms with Gasteiger partial charge in [0.05, 0.1) is 16.6 Å². The molecule has 0 atom stereocenters. The number of hydrogen-bond acceptors (Lipinski definition) is 3. The molecule has 0 aliphatic carbocycles. The Morgan fingerprint density at radius 1 is 1.30 bits per heavy atom. The maximum absolute atomic E-state index is 9.65. The first-order valence-electron chi connectivity index (χ1n) is 8.22. The minimum absolute atomic E-state index is 0.546. The third kappa shape index (κ3) is 2.75. The van der Waals surface area contributed by atoms with Crippen molar-refractivity contribution in [3.8, 4) is 6.07 Å². The summed E-state index contributed by atoms with van der Waals surface area (Å²) in [6.07, 6.45) is 1.90. The normalized spacial score (nSPS) is 11.3. The van der Waals surface area contributed by atoms with E-state index in [2.05, 4.69) is 48.7 Å². The molecule has 0 bridgehead atoms. The van der Waals surface area contributed by atoms with Gasteiger partial charge < -0.3 is 5.32 Å². The van der Waals surface area contributed by atoms with Crippen molar-refractivity contribution in [3.05, 3.63) is 41.5 Å². The number of pyridine rings is 1. The van der Waals surface area contributed by atoms with Crippen LogP contribution in [-0.4, -0.2) is 15.9 Å². The van der Waals surface area contributed by atoms with E-state index in [0.29, 0.717) is 11.5 Å². The van der Waals surface area contributed by atoms with Crippen molar-refractivity contribution in [2.75, 3.05) is 11.9 Å². The van der Waals surface area contributed by atoms with E-state index in [9.17, 15) is 5.26 Å². The lowest BCUT2D eigenvalue weighted by atomic mass is 10.1. The lowest BCUT2D eigenvalue weighted by molar-refractivity contribution is 0.686. The molecule has 4 nitrogen and oxygen atoms in total. The molecule has 0 spiro atoms. The maximum Gasteiger partial charge on any atom is 0.157 e. The third-order valence-electron chi connectivity index (χ3n) is 3.98. The number of aromatic nitrogens is 2. The van der Waals surface area contributed by atoms with Crippen molar-refractivity contribution in [3.63, 3.8) is 0 Å². The Bertz CT molecular complexity index is 884. The number of aryl methyl sites for hydroxylation is 1. The average molecular weight is 306 g/mol. The summed E-state index contributed by atoms with van der Waals surface area (Å²) in [6, 6.07) is 12.5. The van der Waals surface area contributed by atoms with Crippen LogP contribution in [0.15, 0.2) is 30.3 Å². The minimum Gasteiger partial charge on any atom is -0.371 e. The molecular formula is C19H22N4. The van der Waals surface area contributed by atoms with E-state index in [1.165, 1.54) is 0 Å². The van der Waals surface area contributed by atoms with Gasteiger partial charge in [-0.1, -0.05) is 39.3 Å². The van der Waals surface area contributed by atoms with Crippen LogP contribution in [0, 0.1) is 17.2 Å². The summed E-state index contributed by atoms with van der Waals surface area (Å²) in [7, 11) is 0. The van der Waals surface area contributed by atoms with E-state index in [0.717, 1.165) is 47.4 Å². The van der Waals surface area contributed by atoms with Crippen molar-refractivity contribution in [1.82, 2.24) is 9.38 Å². The van der Waals surface area contributed by atoms with Crippen molar-refractivity contribution < 1.29 is 0 Å². The maximum atomic E-state index is 9.65. The Morgan fingerprint density at radius 3 is 2.78 bits per heavy atom. The van der Waals surface area contributed by atoms with Gasteiger partial charge in [0, 0.05) is 6.54 Å². The van der Waals surface area contributed by atoms with Crippen molar-refractivity contribution in [1.29, 1.82) is 5.26 Å². The van der Waals surface area contributed by atoms with Crippen molar-refractivity contribution in [2.24, 2.45) is 5.92 Å². The first-order chi connectivity index (χ1) is 11.2. The molecule has 2 heterocycles. The van der Waals surface area contributed by atoms with Crippen LogP contribution in [0.3, 0.4) is 0 Å². The molecule has 0 saturated heterocycles. The Labute approximate surface area is 136 Å². The summed E-state index contributed by atoms with van der Waals surface area (Å²) in [5.74, 6) is 1.56. The topological polar surface area (TPSA) is 53.1 Å². The number of fused-ring (bicyclic) bond motifs is 3. The predicted molar refractivity (Wildman–Crippen MR) is 94.7 cm³/mol. The zero-order valence-corrected chi connectivity index (χ0v) is 13.9. The molecule has 0 aliphatic heterocycles. The first-order valence-corrected chi connectivity index (χ1v) is 8.22. The van der Waals surface area contributed by atoms with Crippen LogP contribution in [0.1, 0.15) is 38.3 Å². The number of benzene rings is 1. The second kappa shape index (κ2) is 6.29. The van der Waals surface area contributed by atoms with Crippen molar-refractivity contribution in [2.45, 2.75) is 33.6 Å². The number of imidazole rings is 1. The zero-order valence-electron chi connectivity index (χ0n) is 13.9. The summed E-state index contributed by atoms with van der Waals surface area (Å²) >= 11 is 0. The first kappa shape index (κ1) is 15.4. The quantitative estimate of drug-likeness (QED) is 0.761. The summed E-state index contributed by atoms with van der Waals surface area (Å²) in [5, 5.41) is 13.2. The second-order valence-corrected chi connectivity index (χ2v) is 6.33. The van der Waals surface area contributed by atoms with E-state index >= 15 is 0 Å². The molecule has 0 aliphatic rings. The van der Waals surface area contributed by atoms with E-state index < -0.39 is 0 Å². The summed E-state index contributed by atoms with van der Waals surface area (Å²) < 4.78 is 2.08. The molecule has 118 valence electrons. The monoisotopic (exact) mass is 306 g/mol. The largest absolute Gasteiger partial charge is 0.371 e. The average Bonchev–Trinajstić information content (AvgIpc) is 2.92. The SMILES string of the molecule is CCCc1cc(NCC(C)C)n2c(nc3ccccc32)c1C#N. The molecule has 0 fully saturated rings. The van der Waals surface area contributed by atoms with Gasteiger partial charge in [-0.3, -0.25) is 4.40 Å². The highest BCUT2D eigenvalue weighted by atomic mass is 15.1. The molecule has 1 N–H and O–H groups in total. The van der Waals surface area contributed by atoms with Crippen LogP contribution < -0.4 is 5.32 Å². The molecule has 1 aromatic carbocycles. The molecule has 0 saturated carbocycles. The van der Waals surface area contributed by atoms with Crippen LogP contribution in [-0.2, 0) is 6.42 Å². The second-order valence-electron chi connectivity index (χ2n) is 6.33. The molecule has 4 heteroatoms. The summed E-state index contributed by atoms with van der Waals surface area (Å²) in [5.41, 5.74) is 4.48. The Balaban J connectivity index is 2.32. The Hall–Kier alpha value is -2.54. The third-order valence-corrected chi connectivity index (χ3v) is 3.98. The van der Waals surface area contributed by atoms with E-state index in [1.54, 1.807) is 0 Å². The van der Waals surface area contributed by atoms with Crippen LogP contribution in [0.25, 0.3) is 16.7 Å². The van der Waals surface area contributed by atoms with Gasteiger partial charge in [-0.05, 0) is 36.1 Å². The number of nitrogens with one attached hydrogen (secondary N) is 1. The zero-order chi connectivity index (χ0) is 16.4. The molecule has 0 radical (unpaired) electrons. The standard InChI is InChI=1S/C19H22N4/c1-4-7-14-10-18(21-12-13(2)3)23-17-9-6-5-8-16(17)22-19(23)15(14)11-20/h5-6,8-10,13,21H,4,7,12H2,1-3H3. The van der Waals surface area contributed by atoms with Gasteiger partial charge in [0.1, 0.15) is 11.9 Å². The van der Waals surface area contributed by atoms with Gasteiger partial charge in [-0.25, -0.2) is 4.98 Å². The summed E-state index contributed by atoms with van der Waals surface area (Å²) in [4.78, 5) is 4.72. The van der Waals surface area contributed by atoms with Gasteiger partial charge >= 0.3 is 0 Å². The highest BCUT2D eigenvalue weighted by molar-refractivity contribution is 5.85. The molecule has 0 amide bonds. The van der Waals surface area contributed by atoms with E-state index in [-0.39, 0.29) is 0 Å². The van der Waals surface area contributed by atoms with Crippen LogP contribution >= 0.6 is 0 Å². The van der Waals surface area contributed by atoms with Gasteiger partial charge in [-0.15, -0.1) is 0 Å². The fourth-order valence-electron chi connectivity index (χ4n) is 2.91. The molecule has 3 rings (SSSR count). The van der Waals surface area contributed by atoms with Gasteiger partial charge in [0.25, 0.3) is 0 Å². The van der Waals surface area contributed by atoms with Crippen molar-refractivity contribution >= 4 is 22.5 Å². The number of para-hydroxylation sites is 2. The highest BCUT2D eigenvalue weighted by Crippen LogP contribution is 2.27. The van der Waals surface area contributed by atoms with Crippen LogP contribution in [0.5, 0.6) is 0 Å². The van der Waals surface area contributed by atoms with Gasteiger partial charge in [0.2, 0.25) is 0 Å². The van der Waals surface area contributed by atoms with Gasteiger partial charge in [-0.2, -0.15) is 5.26 Å². The number of anilines is 1. The number of nitrogens with zero attached hydrogens (tertiary/aromatic N) is 3.